The van der Waals surface area contributed by atoms with E-state index in [9.17, 15) is 13.2 Å². The first-order valence-electron chi connectivity index (χ1n) is 5.90. The molecule has 1 amide bonds. The fraction of sp³-hybridized carbons (Fsp3) is 0.0714. The summed E-state index contributed by atoms with van der Waals surface area (Å²) in [6.07, 6.45) is 0. The summed E-state index contributed by atoms with van der Waals surface area (Å²) in [5, 5.41) is 2.71. The second kappa shape index (κ2) is 6.17. The summed E-state index contributed by atoms with van der Waals surface area (Å²) in [5.41, 5.74) is 1.86. The van der Waals surface area contributed by atoms with Gasteiger partial charge in [-0.15, -0.1) is 0 Å². The van der Waals surface area contributed by atoms with E-state index in [1.165, 1.54) is 24.3 Å². The van der Waals surface area contributed by atoms with Crippen molar-refractivity contribution in [3.05, 3.63) is 58.1 Å². The molecule has 4 nitrogen and oxygen atoms in total. The molecule has 0 radical (unpaired) electrons. The van der Waals surface area contributed by atoms with Crippen molar-refractivity contribution in [3.8, 4) is 0 Å². The summed E-state index contributed by atoms with van der Waals surface area (Å²) in [4.78, 5) is 12.2. The number of nitrogens with one attached hydrogen (secondary N) is 1. The van der Waals surface area contributed by atoms with Crippen LogP contribution in [0.2, 0.25) is 0 Å². The van der Waals surface area contributed by atoms with E-state index in [0.29, 0.717) is 11.3 Å². The predicted molar refractivity (Wildman–Crippen MR) is 86.3 cm³/mol. The van der Waals surface area contributed by atoms with E-state index < -0.39 is 9.05 Å². The van der Waals surface area contributed by atoms with E-state index >= 15 is 0 Å². The van der Waals surface area contributed by atoms with Crippen LogP contribution in [0.15, 0.2) is 51.8 Å². The van der Waals surface area contributed by atoms with Gasteiger partial charge in [-0.05, 0) is 48.9 Å². The molecule has 0 fully saturated rings. The van der Waals surface area contributed by atoms with Crippen molar-refractivity contribution in [2.45, 2.75) is 11.8 Å². The van der Waals surface area contributed by atoms with Crippen LogP contribution in [0.4, 0.5) is 5.69 Å². The van der Waals surface area contributed by atoms with Gasteiger partial charge >= 0.3 is 0 Å². The first-order chi connectivity index (χ1) is 9.79. The van der Waals surface area contributed by atoms with Crippen LogP contribution in [0.5, 0.6) is 0 Å². The number of halogens is 2. The molecule has 2 rings (SSSR count). The molecule has 0 heterocycles. The highest BCUT2D eigenvalue weighted by Crippen LogP contribution is 2.21. The molecule has 0 atom stereocenters. The largest absolute Gasteiger partial charge is 0.322 e. The molecule has 0 aliphatic heterocycles. The summed E-state index contributed by atoms with van der Waals surface area (Å²) in [6.45, 7) is 1.84. The highest BCUT2D eigenvalue weighted by Gasteiger charge is 2.12. The second-order valence-electron chi connectivity index (χ2n) is 4.33. The van der Waals surface area contributed by atoms with Crippen molar-refractivity contribution >= 4 is 47.3 Å². The van der Waals surface area contributed by atoms with Crippen LogP contribution < -0.4 is 5.32 Å². The molecule has 0 saturated carbocycles. The number of rotatable bonds is 3. The zero-order valence-electron chi connectivity index (χ0n) is 10.9. The molecule has 0 spiro atoms. The molecular weight excluding hydrogens is 378 g/mol. The molecule has 0 aliphatic carbocycles. The maximum Gasteiger partial charge on any atom is 0.261 e. The Morgan fingerprint density at radius 3 is 2.33 bits per heavy atom. The highest BCUT2D eigenvalue weighted by molar-refractivity contribution is 9.10. The molecule has 0 unspecified atom stereocenters. The van der Waals surface area contributed by atoms with Crippen molar-refractivity contribution in [2.24, 2.45) is 0 Å². The molecule has 1 N–H and O–H groups in total. The van der Waals surface area contributed by atoms with Gasteiger partial charge in [0.05, 0.1) is 4.90 Å². The Labute approximate surface area is 135 Å². The van der Waals surface area contributed by atoms with Crippen molar-refractivity contribution in [1.29, 1.82) is 0 Å². The summed E-state index contributed by atoms with van der Waals surface area (Å²) in [6, 6.07) is 11.0. The average molecular weight is 389 g/mol. The first-order valence-corrected chi connectivity index (χ1v) is 9.00. The van der Waals surface area contributed by atoms with Gasteiger partial charge in [-0.1, -0.05) is 22.0 Å². The molecule has 2 aromatic carbocycles. The monoisotopic (exact) mass is 387 g/mol. The van der Waals surface area contributed by atoms with Crippen molar-refractivity contribution in [1.82, 2.24) is 0 Å². The molecule has 0 saturated heterocycles. The van der Waals surface area contributed by atoms with Gasteiger partial charge in [0, 0.05) is 26.4 Å². The molecule has 0 aliphatic rings. The number of hydrogen-bond donors (Lipinski definition) is 1. The number of amides is 1. The third-order valence-electron chi connectivity index (χ3n) is 2.91. The smallest absolute Gasteiger partial charge is 0.261 e. The number of hydrogen-bond acceptors (Lipinski definition) is 3. The standard InChI is InChI=1S/C14H11BrClNO3S/c1-9-12(3-2-4-13(9)15)14(18)17-10-5-7-11(8-6-10)21(16,19)20/h2-8H,1H3,(H,17,18). The quantitative estimate of drug-likeness (QED) is 0.810. The van der Waals surface area contributed by atoms with Gasteiger partial charge in [-0.3, -0.25) is 4.79 Å². The number of benzene rings is 2. The fourth-order valence-electron chi connectivity index (χ4n) is 1.75. The van der Waals surface area contributed by atoms with Crippen LogP contribution in [0.1, 0.15) is 15.9 Å². The van der Waals surface area contributed by atoms with Gasteiger partial charge in [0.2, 0.25) is 0 Å². The summed E-state index contributed by atoms with van der Waals surface area (Å²) >= 11 is 3.37. The molecule has 110 valence electrons. The van der Waals surface area contributed by atoms with Crippen LogP contribution in [-0.4, -0.2) is 14.3 Å². The average Bonchev–Trinajstić information content (AvgIpc) is 2.41. The Morgan fingerprint density at radius 1 is 1.14 bits per heavy atom. The predicted octanol–water partition coefficient (Wildman–Crippen LogP) is 3.94. The van der Waals surface area contributed by atoms with Crippen molar-refractivity contribution in [2.75, 3.05) is 5.32 Å². The Hall–Kier alpha value is -1.37. The van der Waals surface area contributed by atoms with Crippen LogP contribution in [0.25, 0.3) is 0 Å². The number of carbonyl (C=O) groups is 1. The van der Waals surface area contributed by atoms with Crippen molar-refractivity contribution in [3.63, 3.8) is 0 Å². The van der Waals surface area contributed by atoms with Gasteiger partial charge in [-0.2, -0.15) is 0 Å². The Bertz CT molecular complexity index is 788. The van der Waals surface area contributed by atoms with Crippen LogP contribution >= 0.6 is 26.6 Å². The van der Waals surface area contributed by atoms with Gasteiger partial charge < -0.3 is 5.32 Å². The molecular formula is C14H11BrClNO3S. The fourth-order valence-corrected chi connectivity index (χ4v) is 2.89. The first kappa shape index (κ1) is 16.0. The zero-order chi connectivity index (χ0) is 15.6. The van der Waals surface area contributed by atoms with Gasteiger partial charge in [0.25, 0.3) is 15.0 Å². The van der Waals surface area contributed by atoms with E-state index in [1.807, 2.05) is 13.0 Å². The topological polar surface area (TPSA) is 63.2 Å². The molecule has 21 heavy (non-hydrogen) atoms. The Morgan fingerprint density at radius 2 is 1.76 bits per heavy atom. The Kier molecular flexibility index (Phi) is 4.70. The minimum Gasteiger partial charge on any atom is -0.322 e. The third-order valence-corrected chi connectivity index (χ3v) is 5.13. The minimum atomic E-state index is -3.76. The summed E-state index contributed by atoms with van der Waals surface area (Å²) < 4.78 is 23.1. The van der Waals surface area contributed by atoms with Gasteiger partial charge in [0.1, 0.15) is 0 Å². The van der Waals surface area contributed by atoms with E-state index in [4.69, 9.17) is 10.7 Å². The van der Waals surface area contributed by atoms with Crippen molar-refractivity contribution < 1.29 is 13.2 Å². The SMILES string of the molecule is Cc1c(Br)cccc1C(=O)Nc1ccc(S(=O)(=O)Cl)cc1. The normalized spacial score (nSPS) is 11.2. The maximum absolute atomic E-state index is 12.2. The van der Waals surface area contributed by atoms with Crippen LogP contribution in [-0.2, 0) is 9.05 Å². The highest BCUT2D eigenvalue weighted by atomic mass is 79.9. The summed E-state index contributed by atoms with van der Waals surface area (Å²) in [7, 11) is 1.47. The van der Waals surface area contributed by atoms with E-state index in [-0.39, 0.29) is 10.8 Å². The molecule has 0 aromatic heterocycles. The second-order valence-corrected chi connectivity index (χ2v) is 7.75. The lowest BCUT2D eigenvalue weighted by Crippen LogP contribution is -2.13. The van der Waals surface area contributed by atoms with E-state index in [2.05, 4.69) is 21.2 Å². The molecule has 0 bridgehead atoms. The lowest BCUT2D eigenvalue weighted by Gasteiger charge is -2.09. The zero-order valence-corrected chi connectivity index (χ0v) is 14.1. The van der Waals surface area contributed by atoms with Crippen LogP contribution in [0.3, 0.4) is 0 Å². The third kappa shape index (κ3) is 3.84. The van der Waals surface area contributed by atoms with E-state index in [1.54, 1.807) is 12.1 Å². The molecule has 2 aromatic rings. The van der Waals surface area contributed by atoms with E-state index in [0.717, 1.165) is 10.0 Å². The number of anilines is 1. The summed E-state index contributed by atoms with van der Waals surface area (Å²) in [5.74, 6) is -0.268. The minimum absolute atomic E-state index is 0.0131. The van der Waals surface area contributed by atoms with Gasteiger partial charge in [0.15, 0.2) is 0 Å². The number of carbonyl (C=O) groups excluding carboxylic acids is 1. The molecule has 7 heteroatoms. The van der Waals surface area contributed by atoms with Crippen LogP contribution in [0, 0.1) is 6.92 Å². The lowest BCUT2D eigenvalue weighted by molar-refractivity contribution is 0.102. The lowest BCUT2D eigenvalue weighted by atomic mass is 10.1. The Balaban J connectivity index is 2.22. The van der Waals surface area contributed by atoms with Gasteiger partial charge in [-0.25, -0.2) is 8.42 Å². The maximum atomic E-state index is 12.2.